The zero-order chi connectivity index (χ0) is 13.6. The minimum Gasteiger partial charge on any atom is -0.376 e. The summed E-state index contributed by atoms with van der Waals surface area (Å²) in [7, 11) is -5.67. The van der Waals surface area contributed by atoms with Gasteiger partial charge in [-0.1, -0.05) is 6.07 Å². The van der Waals surface area contributed by atoms with E-state index in [1.165, 1.54) is 6.07 Å². The van der Waals surface area contributed by atoms with Gasteiger partial charge in [0.05, 0.1) is 0 Å². The maximum absolute atomic E-state index is 12.1. The monoisotopic (exact) mass is 280 g/mol. The van der Waals surface area contributed by atoms with Crippen molar-refractivity contribution in [3.8, 4) is 5.75 Å². The van der Waals surface area contributed by atoms with E-state index in [2.05, 4.69) is 4.18 Å². The fourth-order valence-electron chi connectivity index (χ4n) is 1.65. The molecule has 0 heterocycles. The van der Waals surface area contributed by atoms with Gasteiger partial charge in [0.1, 0.15) is 11.5 Å². The molecule has 0 N–H and O–H groups in total. The predicted octanol–water partition coefficient (Wildman–Crippen LogP) is 1.58. The first kappa shape index (κ1) is 12.9. The van der Waals surface area contributed by atoms with Gasteiger partial charge in [0.25, 0.3) is 0 Å². The largest absolute Gasteiger partial charge is 0.534 e. The van der Waals surface area contributed by atoms with Crippen LogP contribution < -0.4 is 4.18 Å². The van der Waals surface area contributed by atoms with Crippen molar-refractivity contribution in [1.82, 2.24) is 0 Å². The lowest BCUT2D eigenvalue weighted by Gasteiger charge is -2.10. The Bertz CT molecular complexity index is 604. The number of benzene rings is 1. The van der Waals surface area contributed by atoms with Gasteiger partial charge < -0.3 is 4.18 Å². The number of carbonyl (C=O) groups excluding carboxylic acids is 1. The molecule has 1 aromatic rings. The van der Waals surface area contributed by atoms with Gasteiger partial charge in [0.15, 0.2) is 0 Å². The van der Waals surface area contributed by atoms with Crippen LogP contribution in [-0.2, 0) is 27.8 Å². The number of rotatable bonds is 2. The highest BCUT2D eigenvalue weighted by Crippen LogP contribution is 2.29. The van der Waals surface area contributed by atoms with Crippen LogP contribution in [0, 0.1) is 0 Å². The molecule has 0 bridgehead atoms. The van der Waals surface area contributed by atoms with Crippen LogP contribution in [0.4, 0.5) is 13.2 Å². The Morgan fingerprint density at radius 1 is 1.11 bits per heavy atom. The summed E-state index contributed by atoms with van der Waals surface area (Å²) in [5.41, 5.74) is -4.30. The zero-order valence-corrected chi connectivity index (χ0v) is 9.64. The van der Waals surface area contributed by atoms with Crippen LogP contribution in [0.15, 0.2) is 18.2 Å². The first-order chi connectivity index (χ1) is 8.19. The van der Waals surface area contributed by atoms with Crippen molar-refractivity contribution in [2.45, 2.75) is 18.3 Å². The summed E-state index contributed by atoms with van der Waals surface area (Å²) in [6.07, 6.45) is 0.292. The fourth-order valence-corrected chi connectivity index (χ4v) is 2.10. The molecule has 0 fully saturated rings. The standard InChI is InChI=1S/C10H7F3O4S/c11-10(12,13)18(15,16)17-9-2-1-6-3-8(14)4-7(6)5-9/h1-2,5H,3-4H2. The van der Waals surface area contributed by atoms with Crippen LogP contribution in [0.5, 0.6) is 5.75 Å². The summed E-state index contributed by atoms with van der Waals surface area (Å²) in [5, 5.41) is 0. The van der Waals surface area contributed by atoms with E-state index in [0.29, 0.717) is 11.1 Å². The number of fused-ring (bicyclic) bond motifs is 1. The van der Waals surface area contributed by atoms with Gasteiger partial charge in [-0.15, -0.1) is 0 Å². The number of hydrogen-bond donors (Lipinski definition) is 0. The van der Waals surface area contributed by atoms with E-state index in [1.807, 2.05) is 0 Å². The third kappa shape index (κ3) is 2.33. The lowest BCUT2D eigenvalue weighted by molar-refractivity contribution is -0.117. The smallest absolute Gasteiger partial charge is 0.376 e. The topological polar surface area (TPSA) is 60.4 Å². The Hall–Kier alpha value is -1.57. The minimum atomic E-state index is -5.67. The van der Waals surface area contributed by atoms with E-state index >= 15 is 0 Å². The van der Waals surface area contributed by atoms with E-state index in [1.54, 1.807) is 0 Å². The van der Waals surface area contributed by atoms with Crippen molar-refractivity contribution in [3.05, 3.63) is 29.3 Å². The maximum Gasteiger partial charge on any atom is 0.534 e. The molecule has 4 nitrogen and oxygen atoms in total. The molecule has 0 radical (unpaired) electrons. The van der Waals surface area contributed by atoms with Crippen molar-refractivity contribution in [3.63, 3.8) is 0 Å². The molecule has 8 heteroatoms. The van der Waals surface area contributed by atoms with Crippen molar-refractivity contribution in [2.24, 2.45) is 0 Å². The molecule has 1 aromatic carbocycles. The SMILES string of the molecule is O=C1Cc2ccc(OS(=O)(=O)C(F)(F)F)cc2C1. The van der Waals surface area contributed by atoms with Crippen LogP contribution in [0.25, 0.3) is 0 Å². The molecule has 0 saturated heterocycles. The Kier molecular flexibility index (Phi) is 2.84. The maximum atomic E-state index is 12.1. The second-order valence-electron chi connectivity index (χ2n) is 3.81. The number of alkyl halides is 3. The molecule has 0 amide bonds. The van der Waals surface area contributed by atoms with E-state index in [4.69, 9.17) is 0 Å². The normalized spacial score (nSPS) is 15.6. The molecule has 1 aliphatic carbocycles. The molecular formula is C10H7F3O4S. The van der Waals surface area contributed by atoms with Gasteiger partial charge in [-0.05, 0) is 23.3 Å². The number of hydrogen-bond acceptors (Lipinski definition) is 4. The average molecular weight is 280 g/mol. The third-order valence-corrected chi connectivity index (χ3v) is 3.42. The quantitative estimate of drug-likeness (QED) is 0.609. The molecule has 0 aromatic heterocycles. The Labute approximate surface area is 100 Å². The van der Waals surface area contributed by atoms with Crippen LogP contribution in [-0.4, -0.2) is 19.7 Å². The van der Waals surface area contributed by atoms with Gasteiger partial charge in [0.2, 0.25) is 0 Å². The van der Waals surface area contributed by atoms with E-state index in [-0.39, 0.29) is 18.6 Å². The van der Waals surface area contributed by atoms with Gasteiger partial charge in [0, 0.05) is 12.8 Å². The molecule has 2 rings (SSSR count). The zero-order valence-electron chi connectivity index (χ0n) is 8.82. The molecule has 0 aliphatic heterocycles. The van der Waals surface area contributed by atoms with Crippen molar-refractivity contribution in [2.75, 3.05) is 0 Å². The number of halogens is 3. The first-order valence-electron chi connectivity index (χ1n) is 4.83. The number of Topliss-reactive ketones (excluding diaryl/α,β-unsaturated/α-hetero) is 1. The summed E-state index contributed by atoms with van der Waals surface area (Å²) < 4.78 is 61.8. The molecule has 98 valence electrons. The van der Waals surface area contributed by atoms with E-state index < -0.39 is 21.4 Å². The summed E-state index contributed by atoms with van der Waals surface area (Å²) in [6, 6.07) is 3.63. The Morgan fingerprint density at radius 2 is 1.72 bits per heavy atom. The van der Waals surface area contributed by atoms with Gasteiger partial charge >= 0.3 is 15.6 Å². The summed E-state index contributed by atoms with van der Waals surface area (Å²) in [6.45, 7) is 0. The fraction of sp³-hybridized carbons (Fsp3) is 0.300. The summed E-state index contributed by atoms with van der Waals surface area (Å²) in [5.74, 6) is -0.512. The third-order valence-electron chi connectivity index (χ3n) is 2.44. The van der Waals surface area contributed by atoms with Gasteiger partial charge in [-0.2, -0.15) is 21.6 Å². The second-order valence-corrected chi connectivity index (χ2v) is 5.34. The van der Waals surface area contributed by atoms with Crippen molar-refractivity contribution < 1.29 is 30.6 Å². The molecule has 1 aliphatic rings. The lowest BCUT2D eigenvalue weighted by Crippen LogP contribution is -2.28. The highest BCUT2D eigenvalue weighted by Gasteiger charge is 2.48. The average Bonchev–Trinajstić information content (AvgIpc) is 2.54. The summed E-state index contributed by atoms with van der Waals surface area (Å²) in [4.78, 5) is 11.1. The molecule has 0 unspecified atom stereocenters. The van der Waals surface area contributed by atoms with Gasteiger partial charge in [-0.3, -0.25) is 4.79 Å². The minimum absolute atomic E-state index is 0.0687. The first-order valence-corrected chi connectivity index (χ1v) is 6.24. The number of carbonyl (C=O) groups is 1. The highest BCUT2D eigenvalue weighted by atomic mass is 32.2. The van der Waals surface area contributed by atoms with Crippen LogP contribution in [0.1, 0.15) is 11.1 Å². The van der Waals surface area contributed by atoms with Crippen molar-refractivity contribution in [1.29, 1.82) is 0 Å². The molecular weight excluding hydrogens is 273 g/mol. The lowest BCUT2D eigenvalue weighted by atomic mass is 10.1. The molecule has 0 saturated carbocycles. The number of ketones is 1. The van der Waals surface area contributed by atoms with Crippen LogP contribution >= 0.6 is 0 Å². The van der Waals surface area contributed by atoms with Gasteiger partial charge in [-0.25, -0.2) is 0 Å². The van der Waals surface area contributed by atoms with Crippen LogP contribution in [0.3, 0.4) is 0 Å². The Balaban J connectivity index is 2.28. The van der Waals surface area contributed by atoms with Crippen molar-refractivity contribution >= 4 is 15.9 Å². The molecule has 0 spiro atoms. The van der Waals surface area contributed by atoms with E-state index in [9.17, 15) is 26.4 Å². The van der Waals surface area contributed by atoms with Crippen LogP contribution in [0.2, 0.25) is 0 Å². The molecule has 0 atom stereocenters. The predicted molar refractivity (Wildman–Crippen MR) is 54.5 cm³/mol. The second kappa shape index (κ2) is 3.98. The summed E-state index contributed by atoms with van der Waals surface area (Å²) >= 11 is 0. The molecule has 18 heavy (non-hydrogen) atoms. The van der Waals surface area contributed by atoms with E-state index in [0.717, 1.165) is 12.1 Å². The Morgan fingerprint density at radius 3 is 2.33 bits per heavy atom. The highest BCUT2D eigenvalue weighted by molar-refractivity contribution is 7.87.